The molecule has 0 unspecified atom stereocenters. The highest BCUT2D eigenvalue weighted by molar-refractivity contribution is 7.89. The smallest absolute Gasteiger partial charge is 0.298 e. The first-order valence-electron chi connectivity index (χ1n) is 11.4. The Bertz CT molecular complexity index is 1440. The van der Waals surface area contributed by atoms with Gasteiger partial charge in [0.05, 0.1) is 10.9 Å². The van der Waals surface area contributed by atoms with Gasteiger partial charge in [-0.2, -0.15) is 17.5 Å². The van der Waals surface area contributed by atoms with Gasteiger partial charge in [0.1, 0.15) is 11.6 Å². The average molecular weight is 538 g/mol. The van der Waals surface area contributed by atoms with Crippen LogP contribution < -0.4 is 0 Å². The Kier molecular flexibility index (Phi) is 6.35. The van der Waals surface area contributed by atoms with Crippen LogP contribution >= 0.6 is 0 Å². The fourth-order valence-corrected chi connectivity index (χ4v) is 6.64. The van der Waals surface area contributed by atoms with Crippen molar-refractivity contribution in [3.8, 4) is 11.1 Å². The minimum absolute atomic E-state index is 0.0315. The first-order valence-corrected chi connectivity index (χ1v) is 12.9. The van der Waals surface area contributed by atoms with Crippen molar-refractivity contribution in [2.24, 2.45) is 5.92 Å². The van der Waals surface area contributed by atoms with E-state index >= 15 is 0 Å². The molecular formula is C25H20F5N3O3S. The fourth-order valence-electron chi connectivity index (χ4n) is 4.76. The Morgan fingerprint density at radius 2 is 1.65 bits per heavy atom. The predicted molar refractivity (Wildman–Crippen MR) is 121 cm³/mol. The standard InChI is InChI=1S/C25H20F5N3O3S/c26-18-3-5-19(6-4-18)37(35,36)33-21-10-16(21)11-22(33)23(34)8-2-15-9-14(1-7-20(15)27)17-12-31-24(32-13-17)25(28,29)30/h1,3-7,9,12-13,16,21-22H,2,8,10-11H2/t16-,21-,22-/m0/s1. The Morgan fingerprint density at radius 1 is 0.973 bits per heavy atom. The number of hydrogen-bond acceptors (Lipinski definition) is 5. The van der Waals surface area contributed by atoms with Crippen LogP contribution in [0.2, 0.25) is 0 Å². The lowest BCUT2D eigenvalue weighted by Crippen LogP contribution is -2.43. The van der Waals surface area contributed by atoms with Gasteiger partial charge in [0, 0.05) is 30.4 Å². The first-order chi connectivity index (χ1) is 17.4. The summed E-state index contributed by atoms with van der Waals surface area (Å²) in [6, 6.07) is 7.15. The lowest BCUT2D eigenvalue weighted by molar-refractivity contribution is -0.145. The van der Waals surface area contributed by atoms with Crippen molar-refractivity contribution < 1.29 is 35.2 Å². The van der Waals surface area contributed by atoms with E-state index in [0.717, 1.165) is 42.7 Å². The monoisotopic (exact) mass is 537 g/mol. The number of fused-ring (bicyclic) bond motifs is 1. The largest absolute Gasteiger partial charge is 0.451 e. The van der Waals surface area contributed by atoms with E-state index in [1.807, 2.05) is 0 Å². The van der Waals surface area contributed by atoms with E-state index in [-0.39, 0.29) is 46.6 Å². The van der Waals surface area contributed by atoms with Crippen LogP contribution in [0.4, 0.5) is 22.0 Å². The van der Waals surface area contributed by atoms with E-state index in [1.165, 1.54) is 16.4 Å². The zero-order valence-corrected chi connectivity index (χ0v) is 19.9. The molecule has 2 heterocycles. The average Bonchev–Trinajstić information content (AvgIpc) is 3.51. The van der Waals surface area contributed by atoms with Crippen molar-refractivity contribution in [1.82, 2.24) is 14.3 Å². The maximum absolute atomic E-state index is 14.5. The molecule has 6 nitrogen and oxygen atoms in total. The summed E-state index contributed by atoms with van der Waals surface area (Å²) in [6.07, 6.45) is -1.86. The number of halogens is 5. The van der Waals surface area contributed by atoms with Gasteiger partial charge in [-0.25, -0.2) is 27.2 Å². The summed E-state index contributed by atoms with van der Waals surface area (Å²) in [5, 5.41) is 0. The number of hydrogen-bond donors (Lipinski definition) is 0. The highest BCUT2D eigenvalue weighted by Crippen LogP contribution is 2.50. The van der Waals surface area contributed by atoms with Crippen LogP contribution in [0.25, 0.3) is 11.1 Å². The number of alkyl halides is 3. The van der Waals surface area contributed by atoms with Crippen molar-refractivity contribution in [3.05, 3.63) is 77.9 Å². The molecule has 5 rings (SSSR count). The number of piperidine rings is 1. The molecule has 1 aromatic heterocycles. The Labute approximate surface area is 209 Å². The Morgan fingerprint density at radius 3 is 2.30 bits per heavy atom. The molecule has 0 spiro atoms. The van der Waals surface area contributed by atoms with Crippen LogP contribution in [-0.4, -0.2) is 40.6 Å². The van der Waals surface area contributed by atoms with E-state index in [4.69, 9.17) is 0 Å². The molecule has 12 heteroatoms. The summed E-state index contributed by atoms with van der Waals surface area (Å²) < 4.78 is 93.6. The van der Waals surface area contributed by atoms with E-state index in [0.29, 0.717) is 18.4 Å². The van der Waals surface area contributed by atoms with Crippen molar-refractivity contribution in [2.75, 3.05) is 0 Å². The number of Topliss-reactive ketones (excluding diaryl/α,β-unsaturated/α-hetero) is 1. The maximum atomic E-state index is 14.5. The van der Waals surface area contributed by atoms with Crippen molar-refractivity contribution in [3.63, 3.8) is 0 Å². The Balaban J connectivity index is 1.31. The number of aryl methyl sites for hydroxylation is 1. The van der Waals surface area contributed by atoms with Crippen molar-refractivity contribution >= 4 is 15.8 Å². The topological polar surface area (TPSA) is 80.2 Å². The molecule has 0 radical (unpaired) electrons. The molecule has 194 valence electrons. The van der Waals surface area contributed by atoms with Gasteiger partial charge in [-0.05, 0) is 72.7 Å². The summed E-state index contributed by atoms with van der Waals surface area (Å²) in [4.78, 5) is 19.6. The fraction of sp³-hybridized carbons (Fsp3) is 0.320. The molecule has 2 fully saturated rings. The molecule has 37 heavy (non-hydrogen) atoms. The second-order valence-corrected chi connectivity index (χ2v) is 11.0. The molecule has 0 amide bonds. The molecule has 1 aliphatic carbocycles. The van der Waals surface area contributed by atoms with E-state index < -0.39 is 39.7 Å². The second kappa shape index (κ2) is 9.25. The first kappa shape index (κ1) is 25.4. The normalized spacial score (nSPS) is 21.6. The third-order valence-corrected chi connectivity index (χ3v) is 8.68. The van der Waals surface area contributed by atoms with E-state index in [9.17, 15) is 35.2 Å². The number of ketones is 1. The lowest BCUT2D eigenvalue weighted by Gasteiger charge is -2.26. The SMILES string of the molecule is O=C(CCc1cc(-c2cnc(C(F)(F)F)nc2)ccc1F)[C@@H]1C[C@@H]2C[C@@H]2N1S(=O)(=O)c1ccc(F)cc1. The summed E-state index contributed by atoms with van der Waals surface area (Å²) in [5.74, 6) is -2.76. The molecule has 2 aromatic carbocycles. The van der Waals surface area contributed by atoms with E-state index in [2.05, 4.69) is 9.97 Å². The molecule has 0 N–H and O–H groups in total. The quantitative estimate of drug-likeness (QED) is 0.405. The minimum Gasteiger partial charge on any atom is -0.298 e. The molecule has 2 aliphatic rings. The second-order valence-electron chi connectivity index (χ2n) is 9.17. The van der Waals surface area contributed by atoms with Gasteiger partial charge in [-0.3, -0.25) is 4.79 Å². The molecule has 1 saturated carbocycles. The molecule has 3 atom stereocenters. The molecule has 1 saturated heterocycles. The number of rotatable bonds is 7. The van der Waals surface area contributed by atoms with Gasteiger partial charge in [0.25, 0.3) is 0 Å². The van der Waals surface area contributed by atoms with Gasteiger partial charge in [0.15, 0.2) is 5.78 Å². The van der Waals surface area contributed by atoms with Gasteiger partial charge < -0.3 is 0 Å². The van der Waals surface area contributed by atoms with Gasteiger partial charge >= 0.3 is 6.18 Å². The van der Waals surface area contributed by atoms with Crippen LogP contribution in [-0.2, 0) is 27.4 Å². The number of carbonyl (C=O) groups is 1. The lowest BCUT2D eigenvalue weighted by atomic mass is 9.98. The number of sulfonamides is 1. The third-order valence-electron chi connectivity index (χ3n) is 6.73. The Hall–Kier alpha value is -3.25. The van der Waals surface area contributed by atoms with Crippen molar-refractivity contribution in [2.45, 2.75) is 48.8 Å². The zero-order valence-electron chi connectivity index (χ0n) is 19.1. The third kappa shape index (κ3) is 4.99. The number of benzene rings is 2. The summed E-state index contributed by atoms with van der Waals surface area (Å²) in [5.41, 5.74) is 0.773. The van der Waals surface area contributed by atoms with Crippen LogP contribution in [0.1, 0.15) is 30.7 Å². The van der Waals surface area contributed by atoms with Crippen LogP contribution in [0.15, 0.2) is 59.8 Å². The van der Waals surface area contributed by atoms with Crippen molar-refractivity contribution in [1.29, 1.82) is 0 Å². The maximum Gasteiger partial charge on any atom is 0.451 e. The molecule has 0 bridgehead atoms. The number of nitrogens with zero attached hydrogens (tertiary/aromatic N) is 3. The summed E-state index contributed by atoms with van der Waals surface area (Å²) >= 11 is 0. The number of aromatic nitrogens is 2. The van der Waals surface area contributed by atoms with Crippen LogP contribution in [0.3, 0.4) is 0 Å². The van der Waals surface area contributed by atoms with E-state index in [1.54, 1.807) is 0 Å². The van der Waals surface area contributed by atoms with Gasteiger partial charge in [0.2, 0.25) is 15.8 Å². The highest BCUT2D eigenvalue weighted by atomic mass is 32.2. The van der Waals surface area contributed by atoms with Crippen LogP contribution in [0.5, 0.6) is 0 Å². The zero-order chi connectivity index (χ0) is 26.5. The molecule has 1 aliphatic heterocycles. The summed E-state index contributed by atoms with van der Waals surface area (Å²) in [7, 11) is -4.03. The predicted octanol–water partition coefficient (Wildman–Crippen LogP) is 4.79. The molecular weight excluding hydrogens is 517 g/mol. The minimum atomic E-state index is -4.69. The summed E-state index contributed by atoms with van der Waals surface area (Å²) in [6.45, 7) is 0. The highest BCUT2D eigenvalue weighted by Gasteiger charge is 2.58. The number of carbonyl (C=O) groups excluding carboxylic acids is 1. The molecule has 3 aromatic rings. The van der Waals surface area contributed by atoms with Crippen LogP contribution in [0, 0.1) is 17.6 Å². The van der Waals surface area contributed by atoms with Gasteiger partial charge in [-0.15, -0.1) is 0 Å². The van der Waals surface area contributed by atoms with Gasteiger partial charge in [-0.1, -0.05) is 6.07 Å².